The van der Waals surface area contributed by atoms with Gasteiger partial charge in [-0.25, -0.2) is 18.9 Å². The summed E-state index contributed by atoms with van der Waals surface area (Å²) in [6, 6.07) is 17.5. The molecule has 2 aromatic carbocycles. The van der Waals surface area contributed by atoms with Crippen LogP contribution in [0.4, 0.5) is 9.18 Å². The number of amides is 2. The van der Waals surface area contributed by atoms with Crippen molar-refractivity contribution in [2.75, 3.05) is 72.3 Å². The van der Waals surface area contributed by atoms with Crippen LogP contribution < -0.4 is 5.56 Å². The fourth-order valence-corrected chi connectivity index (χ4v) is 7.70. The maximum Gasteiger partial charge on any atom is 0.411 e. The lowest BCUT2D eigenvalue weighted by Gasteiger charge is -2.35. The third kappa shape index (κ3) is 10.1. The number of rotatable bonds is 15. The molecule has 1 aliphatic heterocycles. The van der Waals surface area contributed by atoms with Crippen molar-refractivity contribution in [3.05, 3.63) is 99.9 Å². The molecule has 4 aromatic rings. The van der Waals surface area contributed by atoms with Crippen LogP contribution in [0.15, 0.2) is 76.7 Å². The fraction of sp³-hybridized carbons (Fsp3) is 0.432. The highest BCUT2D eigenvalue weighted by atomic mass is 33.1. The maximum atomic E-state index is 15.1. The van der Waals surface area contributed by atoms with Crippen LogP contribution in [-0.2, 0) is 17.8 Å². The summed E-state index contributed by atoms with van der Waals surface area (Å²) in [5.41, 5.74) is 0.970. The van der Waals surface area contributed by atoms with E-state index < -0.39 is 11.9 Å². The lowest BCUT2D eigenvalue weighted by Crippen LogP contribution is -2.49. The average molecular weight is 734 g/mol. The van der Waals surface area contributed by atoms with Crippen molar-refractivity contribution in [2.45, 2.75) is 31.0 Å². The number of piperazine rings is 1. The van der Waals surface area contributed by atoms with E-state index in [4.69, 9.17) is 9.84 Å². The number of nitrogens with zero attached hydrogens (tertiary/aromatic N) is 7. The molecule has 1 saturated heterocycles. The van der Waals surface area contributed by atoms with Crippen LogP contribution in [0.1, 0.15) is 34.5 Å². The van der Waals surface area contributed by atoms with Crippen molar-refractivity contribution in [2.24, 2.45) is 5.92 Å². The SMILES string of the molecule is CN(C)CCN(Cn1nc(Cc2ccc(F)c(C(=O)N3CCN(CC4CC4)CC3)c2)c2ccccc2c1=O)C(=O)OCCSSc1ccccn1. The van der Waals surface area contributed by atoms with Crippen molar-refractivity contribution >= 4 is 44.4 Å². The molecule has 3 heterocycles. The Kier molecular flexibility index (Phi) is 12.6. The molecule has 270 valence electrons. The molecule has 6 rings (SSSR count). The van der Waals surface area contributed by atoms with Gasteiger partial charge in [0.15, 0.2) is 0 Å². The summed E-state index contributed by atoms with van der Waals surface area (Å²) in [5.74, 6) is 0.473. The summed E-state index contributed by atoms with van der Waals surface area (Å²) in [6.45, 7) is 4.76. The molecule has 1 aliphatic carbocycles. The third-order valence-corrected chi connectivity index (χ3v) is 11.2. The Labute approximate surface area is 305 Å². The second kappa shape index (κ2) is 17.5. The number of ether oxygens (including phenoxy) is 1. The van der Waals surface area contributed by atoms with Gasteiger partial charge in [-0.15, -0.1) is 0 Å². The standard InChI is InChI=1S/C37H44FN7O4S2/c1-41(2)15-18-44(37(48)49-21-22-50-51-34-9-5-6-14-39-34)26-45-36(47)30-8-4-3-7-29(30)33(40-45)24-28-12-13-32(38)31(23-28)35(46)43-19-16-42(17-20-43)25-27-10-11-27/h3-9,12-14,23,27H,10-11,15-22,24-26H2,1-2H3. The Hall–Kier alpha value is -3.98. The quantitative estimate of drug-likeness (QED) is 0.121. The molecule has 1 saturated carbocycles. The minimum absolute atomic E-state index is 0.0370. The van der Waals surface area contributed by atoms with E-state index >= 15 is 4.39 Å². The Morgan fingerprint density at radius 3 is 2.47 bits per heavy atom. The van der Waals surface area contributed by atoms with E-state index in [1.807, 2.05) is 49.3 Å². The number of likely N-dealkylation sites (N-methyl/N-ethyl adjacent to an activating group) is 1. The number of hydrogen-bond donors (Lipinski definition) is 0. The van der Waals surface area contributed by atoms with Gasteiger partial charge in [0.1, 0.15) is 24.1 Å². The largest absolute Gasteiger partial charge is 0.448 e. The van der Waals surface area contributed by atoms with Gasteiger partial charge in [0.25, 0.3) is 11.5 Å². The van der Waals surface area contributed by atoms with Gasteiger partial charge in [-0.1, -0.05) is 41.1 Å². The van der Waals surface area contributed by atoms with E-state index in [1.165, 1.54) is 50.1 Å². The maximum absolute atomic E-state index is 15.1. The second-order valence-corrected chi connectivity index (χ2v) is 15.7. The first-order chi connectivity index (χ1) is 24.7. The predicted molar refractivity (Wildman–Crippen MR) is 199 cm³/mol. The topological polar surface area (TPSA) is 104 Å². The molecular formula is C37H44FN7O4S2. The smallest absolute Gasteiger partial charge is 0.411 e. The van der Waals surface area contributed by atoms with Gasteiger partial charge in [-0.3, -0.25) is 19.4 Å². The Morgan fingerprint density at radius 2 is 1.75 bits per heavy atom. The molecular weight excluding hydrogens is 690 g/mol. The minimum Gasteiger partial charge on any atom is -0.448 e. The summed E-state index contributed by atoms with van der Waals surface area (Å²) in [5, 5.41) is 6.73. The van der Waals surface area contributed by atoms with Crippen LogP contribution in [0.3, 0.4) is 0 Å². The molecule has 0 spiro atoms. The van der Waals surface area contributed by atoms with Crippen molar-refractivity contribution in [3.8, 4) is 0 Å². The lowest BCUT2D eigenvalue weighted by atomic mass is 10.0. The first-order valence-electron chi connectivity index (χ1n) is 17.3. The highest BCUT2D eigenvalue weighted by Crippen LogP contribution is 2.30. The lowest BCUT2D eigenvalue weighted by molar-refractivity contribution is 0.0627. The van der Waals surface area contributed by atoms with Crippen molar-refractivity contribution in [1.29, 1.82) is 0 Å². The normalized spacial score (nSPS) is 15.0. The molecule has 2 fully saturated rings. The number of pyridine rings is 1. The molecule has 2 amide bonds. The molecule has 0 N–H and O–H groups in total. The summed E-state index contributed by atoms with van der Waals surface area (Å²) in [4.78, 5) is 52.4. The number of fused-ring (bicyclic) bond motifs is 1. The first kappa shape index (κ1) is 36.8. The van der Waals surface area contributed by atoms with Crippen molar-refractivity contribution < 1.29 is 18.7 Å². The second-order valence-electron chi connectivity index (χ2n) is 13.2. The van der Waals surface area contributed by atoms with Gasteiger partial charge in [0, 0.05) is 69.6 Å². The molecule has 2 aliphatic rings. The zero-order valence-corrected chi connectivity index (χ0v) is 30.7. The van der Waals surface area contributed by atoms with Gasteiger partial charge >= 0.3 is 6.09 Å². The van der Waals surface area contributed by atoms with E-state index in [0.717, 1.165) is 30.6 Å². The number of halogens is 1. The minimum atomic E-state index is -0.560. The number of carbonyl (C=O) groups excluding carboxylic acids is 2. The molecule has 0 radical (unpaired) electrons. The number of aromatic nitrogens is 3. The molecule has 2 aromatic heterocycles. The van der Waals surface area contributed by atoms with Gasteiger partial charge in [0.2, 0.25) is 0 Å². The number of benzene rings is 2. The van der Waals surface area contributed by atoms with Crippen LogP contribution in [0, 0.1) is 11.7 Å². The summed E-state index contributed by atoms with van der Waals surface area (Å²) in [7, 11) is 6.86. The van der Waals surface area contributed by atoms with Gasteiger partial charge in [-0.2, -0.15) is 5.10 Å². The Bertz CT molecular complexity index is 1870. The third-order valence-electron chi connectivity index (χ3n) is 9.00. The van der Waals surface area contributed by atoms with Crippen LogP contribution in [0.25, 0.3) is 10.8 Å². The Balaban J connectivity index is 1.16. The predicted octanol–water partition coefficient (Wildman–Crippen LogP) is 5.09. The number of carbonyl (C=O) groups is 2. The first-order valence-corrected chi connectivity index (χ1v) is 19.6. The van der Waals surface area contributed by atoms with Gasteiger partial charge < -0.3 is 14.5 Å². The van der Waals surface area contributed by atoms with Crippen molar-refractivity contribution in [1.82, 2.24) is 34.4 Å². The summed E-state index contributed by atoms with van der Waals surface area (Å²) < 4.78 is 22.0. The van der Waals surface area contributed by atoms with Crippen LogP contribution in [0.5, 0.6) is 0 Å². The van der Waals surface area contributed by atoms with E-state index in [2.05, 4.69) is 9.88 Å². The highest BCUT2D eigenvalue weighted by Gasteiger charge is 2.29. The number of hydrogen-bond acceptors (Lipinski definition) is 10. The monoisotopic (exact) mass is 733 g/mol. The van der Waals surface area contributed by atoms with Gasteiger partial charge in [0.05, 0.1) is 16.6 Å². The molecule has 0 unspecified atom stereocenters. The zero-order chi connectivity index (χ0) is 35.7. The van der Waals surface area contributed by atoms with E-state index in [1.54, 1.807) is 35.4 Å². The zero-order valence-electron chi connectivity index (χ0n) is 29.1. The highest BCUT2D eigenvalue weighted by molar-refractivity contribution is 8.76. The molecule has 11 nitrogen and oxygen atoms in total. The van der Waals surface area contributed by atoms with Crippen LogP contribution in [0.2, 0.25) is 0 Å². The van der Waals surface area contributed by atoms with E-state index in [0.29, 0.717) is 54.0 Å². The summed E-state index contributed by atoms with van der Waals surface area (Å²) in [6.07, 6.45) is 4.01. The van der Waals surface area contributed by atoms with Crippen LogP contribution in [-0.4, -0.2) is 119 Å². The molecule has 0 bridgehead atoms. The molecule has 14 heteroatoms. The van der Waals surface area contributed by atoms with E-state index in [9.17, 15) is 14.4 Å². The Morgan fingerprint density at radius 1 is 0.980 bits per heavy atom. The molecule has 51 heavy (non-hydrogen) atoms. The summed E-state index contributed by atoms with van der Waals surface area (Å²) >= 11 is 0. The average Bonchev–Trinajstić information content (AvgIpc) is 3.96. The van der Waals surface area contributed by atoms with Crippen LogP contribution >= 0.6 is 21.6 Å². The van der Waals surface area contributed by atoms with Crippen molar-refractivity contribution in [3.63, 3.8) is 0 Å². The van der Waals surface area contributed by atoms with Gasteiger partial charge in [-0.05, 0) is 79.5 Å². The van der Waals surface area contributed by atoms with E-state index in [-0.39, 0.29) is 36.7 Å². The molecule has 0 atom stereocenters. The fourth-order valence-electron chi connectivity index (χ4n) is 6.00.